The summed E-state index contributed by atoms with van der Waals surface area (Å²) in [6.07, 6.45) is 7.77. The third-order valence-electron chi connectivity index (χ3n) is 5.51. The van der Waals surface area contributed by atoms with Gasteiger partial charge in [0.05, 0.1) is 17.4 Å². The summed E-state index contributed by atoms with van der Waals surface area (Å²) in [5.74, 6) is 1.14. The van der Waals surface area contributed by atoms with Crippen LogP contribution in [0.1, 0.15) is 53.3 Å². The summed E-state index contributed by atoms with van der Waals surface area (Å²) in [6.45, 7) is 4.45. The number of carbonyl (C=O) groups is 1. The highest BCUT2D eigenvalue weighted by atomic mass is 16.5. The molecule has 0 spiro atoms. The number of aryl methyl sites for hydroxylation is 2. The summed E-state index contributed by atoms with van der Waals surface area (Å²) in [7, 11) is 3.83. The quantitative estimate of drug-likeness (QED) is 0.641. The normalized spacial score (nSPS) is 16.1. The van der Waals surface area contributed by atoms with Crippen LogP contribution in [0.5, 0.6) is 0 Å². The lowest BCUT2D eigenvalue weighted by molar-refractivity contribution is 0.0730. The van der Waals surface area contributed by atoms with Crippen LogP contribution in [0.15, 0.2) is 35.2 Å². The highest BCUT2D eigenvalue weighted by molar-refractivity contribution is 5.96. The van der Waals surface area contributed by atoms with Gasteiger partial charge in [0, 0.05) is 44.8 Å². The number of nitrogens with zero attached hydrogens (tertiary/aromatic N) is 6. The second-order valence-corrected chi connectivity index (χ2v) is 7.67. The van der Waals surface area contributed by atoms with Crippen LogP contribution in [0.2, 0.25) is 0 Å². The fourth-order valence-electron chi connectivity index (χ4n) is 3.98. The van der Waals surface area contributed by atoms with Crippen molar-refractivity contribution in [2.24, 2.45) is 0 Å². The standard InChI is InChI=1S/C22H26N6O2/c1-5-17-19(14(2)30-26-17)21(29)28-12-6-7-18(28)20-16(15-8-10-23-11-9-15)13-24-22(25-20)27(3)4/h8-11,13,18H,5-7,12H2,1-4H3/t18-/m1/s1. The van der Waals surface area contributed by atoms with E-state index in [2.05, 4.69) is 15.1 Å². The summed E-state index contributed by atoms with van der Waals surface area (Å²) in [6, 6.07) is 3.75. The van der Waals surface area contributed by atoms with Crippen LogP contribution in [-0.4, -0.2) is 51.6 Å². The van der Waals surface area contributed by atoms with Crippen molar-refractivity contribution in [3.8, 4) is 11.1 Å². The van der Waals surface area contributed by atoms with E-state index in [4.69, 9.17) is 9.51 Å². The monoisotopic (exact) mass is 406 g/mol. The smallest absolute Gasteiger partial charge is 0.259 e. The molecule has 1 aliphatic heterocycles. The Morgan fingerprint density at radius 2 is 2.07 bits per heavy atom. The van der Waals surface area contributed by atoms with E-state index in [-0.39, 0.29) is 11.9 Å². The van der Waals surface area contributed by atoms with Gasteiger partial charge in [-0.15, -0.1) is 0 Å². The molecule has 1 aliphatic rings. The lowest BCUT2D eigenvalue weighted by atomic mass is 10.00. The predicted molar refractivity (Wildman–Crippen MR) is 113 cm³/mol. The zero-order valence-corrected chi connectivity index (χ0v) is 17.8. The van der Waals surface area contributed by atoms with Crippen molar-refractivity contribution in [1.29, 1.82) is 0 Å². The van der Waals surface area contributed by atoms with Gasteiger partial charge < -0.3 is 14.3 Å². The first kappa shape index (κ1) is 20.0. The number of aromatic nitrogens is 4. The summed E-state index contributed by atoms with van der Waals surface area (Å²) in [4.78, 5) is 30.8. The topological polar surface area (TPSA) is 88.3 Å². The highest BCUT2D eigenvalue weighted by Gasteiger charge is 2.36. The first-order valence-corrected chi connectivity index (χ1v) is 10.2. The number of hydrogen-bond donors (Lipinski definition) is 0. The maximum atomic E-state index is 13.5. The van der Waals surface area contributed by atoms with Gasteiger partial charge in [-0.2, -0.15) is 0 Å². The van der Waals surface area contributed by atoms with Crippen LogP contribution < -0.4 is 4.90 Å². The van der Waals surface area contributed by atoms with E-state index in [0.717, 1.165) is 29.7 Å². The summed E-state index contributed by atoms with van der Waals surface area (Å²) in [5, 5.41) is 4.07. The van der Waals surface area contributed by atoms with E-state index in [1.165, 1.54) is 0 Å². The van der Waals surface area contributed by atoms with Gasteiger partial charge in [-0.3, -0.25) is 9.78 Å². The molecule has 0 aliphatic carbocycles. The molecular weight excluding hydrogens is 380 g/mol. The molecule has 0 saturated carbocycles. The Labute approximate surface area is 175 Å². The van der Waals surface area contributed by atoms with E-state index in [1.54, 1.807) is 19.3 Å². The molecule has 1 saturated heterocycles. The largest absolute Gasteiger partial charge is 0.361 e. The molecule has 0 N–H and O–H groups in total. The molecule has 0 aromatic carbocycles. The van der Waals surface area contributed by atoms with Crippen LogP contribution in [0.25, 0.3) is 11.1 Å². The van der Waals surface area contributed by atoms with E-state index in [0.29, 0.717) is 35.9 Å². The molecule has 1 atom stereocenters. The molecule has 1 fully saturated rings. The van der Waals surface area contributed by atoms with E-state index in [9.17, 15) is 4.79 Å². The molecule has 3 aromatic heterocycles. The van der Waals surface area contributed by atoms with Gasteiger partial charge >= 0.3 is 0 Å². The summed E-state index contributed by atoms with van der Waals surface area (Å²) < 4.78 is 5.32. The van der Waals surface area contributed by atoms with Crippen molar-refractivity contribution < 1.29 is 9.32 Å². The van der Waals surface area contributed by atoms with Crippen molar-refractivity contribution in [2.45, 2.75) is 39.2 Å². The first-order chi connectivity index (χ1) is 14.5. The maximum absolute atomic E-state index is 13.5. The van der Waals surface area contributed by atoms with Gasteiger partial charge in [-0.25, -0.2) is 9.97 Å². The number of anilines is 1. The highest BCUT2D eigenvalue weighted by Crippen LogP contribution is 2.38. The fraction of sp³-hybridized carbons (Fsp3) is 0.409. The van der Waals surface area contributed by atoms with Crippen LogP contribution in [-0.2, 0) is 6.42 Å². The zero-order valence-electron chi connectivity index (χ0n) is 17.8. The lowest BCUT2D eigenvalue weighted by Gasteiger charge is -2.27. The Morgan fingerprint density at radius 3 is 2.77 bits per heavy atom. The molecular formula is C22H26N6O2. The molecule has 0 unspecified atom stereocenters. The van der Waals surface area contributed by atoms with Gasteiger partial charge in [0.1, 0.15) is 11.3 Å². The Bertz CT molecular complexity index is 1050. The second-order valence-electron chi connectivity index (χ2n) is 7.67. The molecule has 3 aromatic rings. The Hall–Kier alpha value is -3.29. The third-order valence-corrected chi connectivity index (χ3v) is 5.51. The molecule has 1 amide bonds. The number of pyridine rings is 1. The average molecular weight is 406 g/mol. The Balaban J connectivity index is 1.79. The molecule has 30 heavy (non-hydrogen) atoms. The van der Waals surface area contributed by atoms with E-state index < -0.39 is 0 Å². The van der Waals surface area contributed by atoms with Crippen molar-refractivity contribution in [1.82, 2.24) is 25.0 Å². The first-order valence-electron chi connectivity index (χ1n) is 10.2. The van der Waals surface area contributed by atoms with Gasteiger partial charge in [0.15, 0.2) is 0 Å². The molecule has 0 bridgehead atoms. The number of hydrogen-bond acceptors (Lipinski definition) is 7. The van der Waals surface area contributed by atoms with Crippen molar-refractivity contribution >= 4 is 11.9 Å². The van der Waals surface area contributed by atoms with Crippen molar-refractivity contribution in [2.75, 3.05) is 25.5 Å². The van der Waals surface area contributed by atoms with E-state index >= 15 is 0 Å². The average Bonchev–Trinajstić information content (AvgIpc) is 3.40. The Morgan fingerprint density at radius 1 is 1.30 bits per heavy atom. The third kappa shape index (κ3) is 3.53. The number of rotatable bonds is 5. The molecule has 4 heterocycles. The summed E-state index contributed by atoms with van der Waals surface area (Å²) in [5.41, 5.74) is 4.05. The molecule has 0 radical (unpaired) electrons. The minimum absolute atomic E-state index is 0.0428. The predicted octanol–water partition coefficient (Wildman–Crippen LogP) is 3.44. The molecule has 8 nitrogen and oxygen atoms in total. The minimum atomic E-state index is -0.138. The zero-order chi connectivity index (χ0) is 21.3. The van der Waals surface area contributed by atoms with Gasteiger partial charge in [0.25, 0.3) is 5.91 Å². The van der Waals surface area contributed by atoms with Gasteiger partial charge in [0.2, 0.25) is 5.95 Å². The maximum Gasteiger partial charge on any atom is 0.259 e. The Kier molecular flexibility index (Phi) is 5.48. The number of likely N-dealkylation sites (tertiary alicyclic amines) is 1. The van der Waals surface area contributed by atoms with Gasteiger partial charge in [-0.1, -0.05) is 12.1 Å². The van der Waals surface area contributed by atoms with Gasteiger partial charge in [-0.05, 0) is 43.9 Å². The fourth-order valence-corrected chi connectivity index (χ4v) is 3.98. The second kappa shape index (κ2) is 8.22. The molecule has 156 valence electrons. The van der Waals surface area contributed by atoms with Crippen LogP contribution in [0.4, 0.5) is 5.95 Å². The lowest BCUT2D eigenvalue weighted by Crippen LogP contribution is -2.32. The van der Waals surface area contributed by atoms with E-state index in [1.807, 2.05) is 49.1 Å². The minimum Gasteiger partial charge on any atom is -0.361 e. The van der Waals surface area contributed by atoms with Crippen LogP contribution in [0, 0.1) is 6.92 Å². The van der Waals surface area contributed by atoms with Crippen LogP contribution in [0.3, 0.4) is 0 Å². The molecule has 8 heteroatoms. The number of amides is 1. The van der Waals surface area contributed by atoms with Crippen molar-refractivity contribution in [3.05, 3.63) is 53.4 Å². The van der Waals surface area contributed by atoms with Crippen molar-refractivity contribution in [3.63, 3.8) is 0 Å². The molecule has 4 rings (SSSR count). The number of carbonyl (C=O) groups excluding carboxylic acids is 1. The van der Waals surface area contributed by atoms with Crippen LogP contribution >= 0.6 is 0 Å². The SMILES string of the molecule is CCc1noc(C)c1C(=O)N1CCC[C@@H]1c1nc(N(C)C)ncc1-c1ccncc1. The summed E-state index contributed by atoms with van der Waals surface area (Å²) >= 11 is 0.